The zero-order valence-electron chi connectivity index (χ0n) is 8.04. The van der Waals surface area contributed by atoms with Gasteiger partial charge in [0, 0.05) is 16.0 Å². The second kappa shape index (κ2) is 4.39. The van der Waals surface area contributed by atoms with E-state index in [0.717, 1.165) is 4.47 Å². The first-order chi connectivity index (χ1) is 6.56. The monoisotopic (exact) mass is 251 g/mol. The van der Waals surface area contributed by atoms with E-state index in [1.54, 1.807) is 18.2 Å². The molecule has 0 aliphatic heterocycles. The molecule has 0 fully saturated rings. The molecular weight excluding hydrogens is 242 g/mol. The summed E-state index contributed by atoms with van der Waals surface area (Å²) in [5.41, 5.74) is 1.09. The van der Waals surface area contributed by atoms with E-state index in [4.69, 9.17) is 6.57 Å². The molecule has 0 heterocycles. The second-order valence-electron chi connectivity index (χ2n) is 3.30. The predicted octanol–water partition coefficient (Wildman–Crippen LogP) is 3.84. The fraction of sp³-hybridized carbons (Fsp3) is 0.273. The summed E-state index contributed by atoms with van der Waals surface area (Å²) >= 11 is 3.25. The van der Waals surface area contributed by atoms with Crippen LogP contribution in [-0.4, -0.2) is 5.78 Å². The molecular formula is C11H10BrNO. The number of ketones is 1. The lowest BCUT2D eigenvalue weighted by Crippen LogP contribution is -2.06. The number of Topliss-reactive ketones (excluding diaryl/α,β-unsaturated/α-hetero) is 1. The summed E-state index contributed by atoms with van der Waals surface area (Å²) in [6.45, 7) is 10.6. The molecule has 1 aromatic rings. The molecule has 0 N–H and O–H groups in total. The van der Waals surface area contributed by atoms with Crippen molar-refractivity contribution < 1.29 is 4.79 Å². The Hall–Kier alpha value is -1.14. The molecule has 2 nitrogen and oxygen atoms in total. The van der Waals surface area contributed by atoms with Gasteiger partial charge in [-0.25, -0.2) is 4.85 Å². The maximum atomic E-state index is 11.6. The summed E-state index contributed by atoms with van der Waals surface area (Å²) in [5, 5.41) is 0. The lowest BCUT2D eigenvalue weighted by Gasteiger charge is -2.04. The highest BCUT2D eigenvalue weighted by atomic mass is 79.9. The Morgan fingerprint density at radius 1 is 1.50 bits per heavy atom. The van der Waals surface area contributed by atoms with Crippen LogP contribution in [-0.2, 0) is 0 Å². The summed E-state index contributed by atoms with van der Waals surface area (Å²) < 4.78 is 0.729. The first-order valence-electron chi connectivity index (χ1n) is 4.27. The Morgan fingerprint density at radius 2 is 2.14 bits per heavy atom. The third kappa shape index (κ3) is 2.21. The number of halogens is 1. The lowest BCUT2D eigenvalue weighted by molar-refractivity contribution is 0.0939. The van der Waals surface area contributed by atoms with Gasteiger partial charge in [0.05, 0.1) is 6.57 Å². The van der Waals surface area contributed by atoms with Gasteiger partial charge in [0.1, 0.15) is 0 Å². The van der Waals surface area contributed by atoms with E-state index in [9.17, 15) is 4.79 Å². The van der Waals surface area contributed by atoms with Gasteiger partial charge < -0.3 is 0 Å². The number of hydrogen-bond donors (Lipinski definition) is 0. The molecule has 72 valence electrons. The van der Waals surface area contributed by atoms with Gasteiger partial charge in [-0.1, -0.05) is 41.9 Å². The SMILES string of the molecule is [C-]#[N+]c1cc(C(=O)C(C)C)ccc1Br. The van der Waals surface area contributed by atoms with E-state index in [1.165, 1.54) is 0 Å². The molecule has 0 saturated heterocycles. The summed E-state index contributed by atoms with van der Waals surface area (Å²) in [6, 6.07) is 5.10. The number of carbonyl (C=O) groups excluding carboxylic acids is 1. The lowest BCUT2D eigenvalue weighted by atomic mass is 10.0. The van der Waals surface area contributed by atoms with Gasteiger partial charge in [0.25, 0.3) is 0 Å². The Kier molecular flexibility index (Phi) is 3.43. The van der Waals surface area contributed by atoms with Crippen molar-refractivity contribution in [3.63, 3.8) is 0 Å². The van der Waals surface area contributed by atoms with Gasteiger partial charge in [-0.3, -0.25) is 4.79 Å². The minimum absolute atomic E-state index is 0.0326. The van der Waals surface area contributed by atoms with Crippen LogP contribution in [0.2, 0.25) is 0 Å². The summed E-state index contributed by atoms with van der Waals surface area (Å²) in [6.07, 6.45) is 0. The Balaban J connectivity index is 3.15. The number of hydrogen-bond acceptors (Lipinski definition) is 1. The van der Waals surface area contributed by atoms with Crippen molar-refractivity contribution in [1.29, 1.82) is 0 Å². The number of carbonyl (C=O) groups is 1. The maximum Gasteiger partial charge on any atom is 0.201 e. The standard InChI is InChI=1S/C11H10BrNO/c1-7(2)11(14)8-4-5-9(12)10(6-8)13-3/h4-7H,1-2H3. The minimum atomic E-state index is -0.0326. The van der Waals surface area contributed by atoms with Crippen LogP contribution < -0.4 is 0 Å². The first-order valence-corrected chi connectivity index (χ1v) is 5.06. The number of nitrogens with zero attached hydrogens (tertiary/aromatic N) is 1. The van der Waals surface area contributed by atoms with E-state index in [-0.39, 0.29) is 11.7 Å². The van der Waals surface area contributed by atoms with Crippen molar-refractivity contribution >= 4 is 27.4 Å². The highest BCUT2D eigenvalue weighted by Crippen LogP contribution is 2.27. The van der Waals surface area contributed by atoms with Crippen LogP contribution in [0.15, 0.2) is 22.7 Å². The van der Waals surface area contributed by atoms with E-state index < -0.39 is 0 Å². The fourth-order valence-corrected chi connectivity index (χ4v) is 1.42. The summed E-state index contributed by atoms with van der Waals surface area (Å²) in [7, 11) is 0. The van der Waals surface area contributed by atoms with E-state index in [0.29, 0.717) is 11.3 Å². The Morgan fingerprint density at radius 3 is 2.64 bits per heavy atom. The minimum Gasteiger partial charge on any atom is -0.294 e. The average molecular weight is 252 g/mol. The maximum absolute atomic E-state index is 11.6. The number of rotatable bonds is 2. The van der Waals surface area contributed by atoms with Crippen molar-refractivity contribution in [3.8, 4) is 0 Å². The largest absolute Gasteiger partial charge is 0.294 e. The highest BCUT2D eigenvalue weighted by molar-refractivity contribution is 9.10. The van der Waals surface area contributed by atoms with Crippen LogP contribution in [0.4, 0.5) is 5.69 Å². The molecule has 0 saturated carbocycles. The smallest absolute Gasteiger partial charge is 0.201 e. The molecule has 0 amide bonds. The van der Waals surface area contributed by atoms with Gasteiger partial charge in [-0.05, 0) is 6.07 Å². The second-order valence-corrected chi connectivity index (χ2v) is 4.15. The van der Waals surface area contributed by atoms with Crippen molar-refractivity contribution in [2.75, 3.05) is 0 Å². The topological polar surface area (TPSA) is 21.4 Å². The molecule has 0 unspecified atom stereocenters. The van der Waals surface area contributed by atoms with E-state index in [1.807, 2.05) is 13.8 Å². The van der Waals surface area contributed by atoms with Gasteiger partial charge in [-0.15, -0.1) is 0 Å². The van der Waals surface area contributed by atoms with Crippen LogP contribution in [0, 0.1) is 12.5 Å². The van der Waals surface area contributed by atoms with Crippen molar-refractivity contribution in [2.24, 2.45) is 5.92 Å². The van der Waals surface area contributed by atoms with Gasteiger partial charge in [-0.2, -0.15) is 0 Å². The van der Waals surface area contributed by atoms with Gasteiger partial charge in [0.15, 0.2) is 5.78 Å². The summed E-state index contributed by atoms with van der Waals surface area (Å²) in [4.78, 5) is 14.9. The van der Waals surface area contributed by atoms with Crippen LogP contribution in [0.3, 0.4) is 0 Å². The molecule has 0 aromatic heterocycles. The van der Waals surface area contributed by atoms with Gasteiger partial charge >= 0.3 is 0 Å². The summed E-state index contributed by atoms with van der Waals surface area (Å²) in [5.74, 6) is 0.0390. The molecule has 1 aromatic carbocycles. The molecule has 0 radical (unpaired) electrons. The molecule has 1 rings (SSSR count). The zero-order chi connectivity index (χ0) is 10.7. The third-order valence-electron chi connectivity index (χ3n) is 1.88. The van der Waals surface area contributed by atoms with Crippen LogP contribution in [0.25, 0.3) is 4.85 Å². The molecule has 0 bridgehead atoms. The molecule has 3 heteroatoms. The highest BCUT2D eigenvalue weighted by Gasteiger charge is 2.11. The van der Waals surface area contributed by atoms with Crippen molar-refractivity contribution in [1.82, 2.24) is 0 Å². The van der Waals surface area contributed by atoms with Crippen LogP contribution in [0.1, 0.15) is 24.2 Å². The number of benzene rings is 1. The van der Waals surface area contributed by atoms with Crippen LogP contribution >= 0.6 is 15.9 Å². The van der Waals surface area contributed by atoms with Gasteiger partial charge in [0.2, 0.25) is 5.69 Å². The molecule has 0 aliphatic carbocycles. The first kappa shape index (κ1) is 10.9. The van der Waals surface area contributed by atoms with Crippen LogP contribution in [0.5, 0.6) is 0 Å². The normalized spacial score (nSPS) is 9.93. The third-order valence-corrected chi connectivity index (χ3v) is 2.55. The average Bonchev–Trinajstić information content (AvgIpc) is 2.17. The molecule has 0 spiro atoms. The zero-order valence-corrected chi connectivity index (χ0v) is 9.63. The van der Waals surface area contributed by atoms with Crippen molar-refractivity contribution in [2.45, 2.75) is 13.8 Å². The molecule has 0 atom stereocenters. The fourth-order valence-electron chi connectivity index (χ4n) is 1.08. The Bertz CT molecular complexity index is 404. The molecule has 0 aliphatic rings. The van der Waals surface area contributed by atoms with Crippen molar-refractivity contribution in [3.05, 3.63) is 39.7 Å². The molecule has 14 heavy (non-hydrogen) atoms. The quantitative estimate of drug-likeness (QED) is 0.578. The van der Waals surface area contributed by atoms with E-state index >= 15 is 0 Å². The predicted molar refractivity (Wildman–Crippen MR) is 59.6 cm³/mol. The Labute approximate surface area is 91.9 Å². The van der Waals surface area contributed by atoms with E-state index in [2.05, 4.69) is 20.8 Å².